The minimum absolute atomic E-state index is 0.317. The standard InChI is InChI=1S/C15H9ClFN/c16-14-5-1-11(2-6-14)9-13(10-18)12-3-7-15(17)8-4-12/h1-9H. The molecule has 0 saturated heterocycles. The number of nitrogens with zero attached hydrogens (tertiary/aromatic N) is 1. The topological polar surface area (TPSA) is 23.8 Å². The highest BCUT2D eigenvalue weighted by atomic mass is 35.5. The molecule has 0 aliphatic heterocycles. The molecule has 0 radical (unpaired) electrons. The molecule has 18 heavy (non-hydrogen) atoms. The molecule has 88 valence electrons. The monoisotopic (exact) mass is 257 g/mol. The van der Waals surface area contributed by atoms with E-state index in [4.69, 9.17) is 16.9 Å². The van der Waals surface area contributed by atoms with Crippen molar-refractivity contribution in [1.82, 2.24) is 0 Å². The molecule has 1 nitrogen and oxygen atoms in total. The zero-order chi connectivity index (χ0) is 13.0. The van der Waals surface area contributed by atoms with Gasteiger partial charge in [-0.1, -0.05) is 35.9 Å². The van der Waals surface area contributed by atoms with Crippen LogP contribution in [-0.2, 0) is 0 Å². The number of rotatable bonds is 2. The molecule has 2 rings (SSSR count). The number of nitriles is 1. The van der Waals surface area contributed by atoms with E-state index in [9.17, 15) is 4.39 Å². The van der Waals surface area contributed by atoms with Crippen molar-refractivity contribution in [3.63, 3.8) is 0 Å². The van der Waals surface area contributed by atoms with Gasteiger partial charge in [-0.3, -0.25) is 0 Å². The van der Waals surface area contributed by atoms with Gasteiger partial charge in [0.1, 0.15) is 5.82 Å². The summed E-state index contributed by atoms with van der Waals surface area (Å²) in [6.07, 6.45) is 1.74. The second kappa shape index (κ2) is 5.48. The molecule has 0 unspecified atom stereocenters. The summed E-state index contributed by atoms with van der Waals surface area (Å²) in [5, 5.41) is 9.77. The van der Waals surface area contributed by atoms with Crippen LogP contribution in [0.2, 0.25) is 5.02 Å². The maximum Gasteiger partial charge on any atom is 0.123 e. The molecule has 3 heteroatoms. The van der Waals surface area contributed by atoms with E-state index >= 15 is 0 Å². The van der Waals surface area contributed by atoms with Gasteiger partial charge in [0.15, 0.2) is 0 Å². The van der Waals surface area contributed by atoms with Crippen molar-refractivity contribution in [2.75, 3.05) is 0 Å². The Bertz CT molecular complexity index is 606. The first-order valence-electron chi connectivity index (χ1n) is 5.32. The Hall–Kier alpha value is -2.11. The van der Waals surface area contributed by atoms with Crippen LogP contribution in [0.5, 0.6) is 0 Å². The van der Waals surface area contributed by atoms with Crippen LogP contribution in [0.15, 0.2) is 48.5 Å². The summed E-state index contributed by atoms with van der Waals surface area (Å²) < 4.78 is 12.8. The van der Waals surface area contributed by atoms with E-state index in [0.29, 0.717) is 16.2 Å². The third-order valence-electron chi connectivity index (χ3n) is 2.46. The molecule has 0 heterocycles. The van der Waals surface area contributed by atoms with Gasteiger partial charge in [-0.2, -0.15) is 5.26 Å². The average molecular weight is 258 g/mol. The van der Waals surface area contributed by atoms with E-state index in [0.717, 1.165) is 5.56 Å². The van der Waals surface area contributed by atoms with Crippen molar-refractivity contribution in [3.05, 3.63) is 70.5 Å². The molecular formula is C15H9ClFN. The fraction of sp³-hybridized carbons (Fsp3) is 0. The number of benzene rings is 2. The smallest absolute Gasteiger partial charge is 0.123 e. The van der Waals surface area contributed by atoms with Crippen LogP contribution in [0.25, 0.3) is 11.6 Å². The highest BCUT2D eigenvalue weighted by Crippen LogP contribution is 2.19. The van der Waals surface area contributed by atoms with Crippen LogP contribution < -0.4 is 0 Å². The Labute approximate surface area is 110 Å². The minimum atomic E-state index is -0.317. The molecule has 0 bridgehead atoms. The molecule has 0 amide bonds. The molecule has 0 saturated carbocycles. The highest BCUT2D eigenvalue weighted by Gasteiger charge is 2.01. The largest absolute Gasteiger partial charge is 0.207 e. The van der Waals surface area contributed by atoms with Crippen molar-refractivity contribution in [2.24, 2.45) is 0 Å². The summed E-state index contributed by atoms with van der Waals surface area (Å²) >= 11 is 5.79. The van der Waals surface area contributed by atoms with Gasteiger partial charge in [0, 0.05) is 5.02 Å². The number of allylic oxidation sites excluding steroid dienone is 1. The number of hydrogen-bond acceptors (Lipinski definition) is 1. The van der Waals surface area contributed by atoms with E-state index < -0.39 is 0 Å². The Balaban J connectivity index is 2.37. The summed E-state index contributed by atoms with van der Waals surface area (Å²) in [7, 11) is 0. The van der Waals surface area contributed by atoms with Gasteiger partial charge >= 0.3 is 0 Å². The van der Waals surface area contributed by atoms with Gasteiger partial charge in [0.25, 0.3) is 0 Å². The fourth-order valence-electron chi connectivity index (χ4n) is 1.54. The van der Waals surface area contributed by atoms with Crippen molar-refractivity contribution in [3.8, 4) is 6.07 Å². The molecule has 2 aromatic carbocycles. The molecule has 0 aliphatic rings. The lowest BCUT2D eigenvalue weighted by molar-refractivity contribution is 0.627. The van der Waals surface area contributed by atoms with Crippen LogP contribution in [0.3, 0.4) is 0 Å². The zero-order valence-corrected chi connectivity index (χ0v) is 10.2. The normalized spacial score (nSPS) is 11.1. The van der Waals surface area contributed by atoms with Crippen molar-refractivity contribution in [2.45, 2.75) is 0 Å². The van der Waals surface area contributed by atoms with E-state index in [1.807, 2.05) is 12.1 Å². The van der Waals surface area contributed by atoms with Gasteiger partial charge in [-0.15, -0.1) is 0 Å². The Morgan fingerprint density at radius 3 is 2.22 bits per heavy atom. The van der Waals surface area contributed by atoms with E-state index in [2.05, 4.69) is 6.07 Å². The lowest BCUT2D eigenvalue weighted by Crippen LogP contribution is -1.83. The van der Waals surface area contributed by atoms with Crippen molar-refractivity contribution < 1.29 is 4.39 Å². The van der Waals surface area contributed by atoms with Crippen molar-refractivity contribution in [1.29, 1.82) is 5.26 Å². The summed E-state index contributed by atoms with van der Waals surface area (Å²) in [6.45, 7) is 0. The maximum absolute atomic E-state index is 12.8. The number of halogens is 2. The second-order valence-electron chi connectivity index (χ2n) is 3.73. The van der Waals surface area contributed by atoms with Crippen LogP contribution in [0, 0.1) is 17.1 Å². The Morgan fingerprint density at radius 2 is 1.67 bits per heavy atom. The second-order valence-corrected chi connectivity index (χ2v) is 4.16. The molecule has 2 aromatic rings. The first kappa shape index (κ1) is 12.3. The van der Waals surface area contributed by atoms with Crippen molar-refractivity contribution >= 4 is 23.3 Å². The first-order chi connectivity index (χ1) is 8.69. The van der Waals surface area contributed by atoms with Gasteiger partial charge in [0.2, 0.25) is 0 Å². The van der Waals surface area contributed by atoms with Gasteiger partial charge in [-0.25, -0.2) is 4.39 Å². The zero-order valence-electron chi connectivity index (χ0n) is 9.40. The maximum atomic E-state index is 12.8. The summed E-state index contributed by atoms with van der Waals surface area (Å²) in [5.41, 5.74) is 2.05. The molecular weight excluding hydrogens is 249 g/mol. The third kappa shape index (κ3) is 2.97. The van der Waals surface area contributed by atoms with Crippen LogP contribution in [0.4, 0.5) is 4.39 Å². The fourth-order valence-corrected chi connectivity index (χ4v) is 1.66. The number of hydrogen-bond donors (Lipinski definition) is 0. The van der Waals surface area contributed by atoms with Gasteiger partial charge in [0.05, 0.1) is 11.6 Å². The first-order valence-corrected chi connectivity index (χ1v) is 5.70. The predicted octanol–water partition coefficient (Wildman–Crippen LogP) is 4.54. The molecule has 0 N–H and O–H groups in total. The molecule has 0 aliphatic carbocycles. The Morgan fingerprint density at radius 1 is 1.06 bits per heavy atom. The molecule has 0 aromatic heterocycles. The summed E-state index contributed by atoms with van der Waals surface area (Å²) in [5.74, 6) is -0.317. The van der Waals surface area contributed by atoms with Gasteiger partial charge < -0.3 is 0 Å². The summed E-state index contributed by atoms with van der Waals surface area (Å²) in [6, 6.07) is 15.1. The highest BCUT2D eigenvalue weighted by molar-refractivity contribution is 6.30. The SMILES string of the molecule is N#CC(=Cc1ccc(Cl)cc1)c1ccc(F)cc1. The lowest BCUT2D eigenvalue weighted by atomic mass is 10.0. The quantitative estimate of drug-likeness (QED) is 0.572. The van der Waals surface area contributed by atoms with Crippen LogP contribution in [-0.4, -0.2) is 0 Å². The average Bonchev–Trinajstić information content (AvgIpc) is 2.39. The Kier molecular flexibility index (Phi) is 3.76. The van der Waals surface area contributed by atoms with Crippen LogP contribution >= 0.6 is 11.6 Å². The molecule has 0 atom stereocenters. The minimum Gasteiger partial charge on any atom is -0.207 e. The predicted molar refractivity (Wildman–Crippen MR) is 71.3 cm³/mol. The summed E-state index contributed by atoms with van der Waals surface area (Å²) in [4.78, 5) is 0. The van der Waals surface area contributed by atoms with E-state index in [1.54, 1.807) is 30.3 Å². The molecule has 0 spiro atoms. The van der Waals surface area contributed by atoms with E-state index in [1.165, 1.54) is 12.1 Å². The third-order valence-corrected chi connectivity index (χ3v) is 2.71. The lowest BCUT2D eigenvalue weighted by Gasteiger charge is -2.00. The van der Waals surface area contributed by atoms with E-state index in [-0.39, 0.29) is 5.82 Å². The molecule has 0 fully saturated rings. The van der Waals surface area contributed by atoms with Crippen LogP contribution in [0.1, 0.15) is 11.1 Å². The van der Waals surface area contributed by atoms with Gasteiger partial charge in [-0.05, 0) is 41.5 Å².